The highest BCUT2D eigenvalue weighted by Crippen LogP contribution is 2.36. The van der Waals surface area contributed by atoms with Crippen molar-refractivity contribution in [3.05, 3.63) is 37.2 Å². The van der Waals surface area contributed by atoms with Crippen LogP contribution in [0.25, 0.3) is 0 Å². The Morgan fingerprint density at radius 3 is 2.78 bits per heavy atom. The molecule has 0 fully saturated rings. The molecule has 0 amide bonds. The van der Waals surface area contributed by atoms with Crippen LogP contribution in [0.5, 0.6) is 0 Å². The fraction of sp³-hybridized carbons (Fsp3) is 0.417. The van der Waals surface area contributed by atoms with Crippen LogP contribution in [0.1, 0.15) is 23.7 Å². The Labute approximate surface area is 128 Å². The first kappa shape index (κ1) is 14.2. The summed E-state index contributed by atoms with van der Waals surface area (Å²) in [5, 5.41) is 7.58. The van der Waals surface area contributed by atoms with Crippen molar-refractivity contribution in [2.24, 2.45) is 7.05 Å². The summed E-state index contributed by atoms with van der Waals surface area (Å²) in [6.07, 6.45) is 3.92. The quantitative estimate of drug-likeness (QED) is 0.836. The molecule has 2 rings (SSSR count). The van der Waals surface area contributed by atoms with E-state index in [1.165, 1.54) is 15.0 Å². The third-order valence-electron chi connectivity index (χ3n) is 3.02. The molecule has 2 heterocycles. The number of aromatic nitrogens is 2. The van der Waals surface area contributed by atoms with E-state index in [1.54, 1.807) is 11.3 Å². The standard InChI is InChI=1S/C12H15Br2N3S/c1-15-10(9-7-11(13)18-12(9)14)4-3-8-5-6-16-17(8)2/h5-7,10,15H,3-4H2,1-2H3. The summed E-state index contributed by atoms with van der Waals surface area (Å²) in [7, 11) is 3.99. The van der Waals surface area contributed by atoms with Crippen LogP contribution in [0.3, 0.4) is 0 Å². The lowest BCUT2D eigenvalue weighted by atomic mass is 10.0. The molecule has 1 atom stereocenters. The van der Waals surface area contributed by atoms with E-state index in [2.05, 4.69) is 54.4 Å². The topological polar surface area (TPSA) is 29.9 Å². The number of hydrogen-bond acceptors (Lipinski definition) is 3. The van der Waals surface area contributed by atoms with E-state index >= 15 is 0 Å². The van der Waals surface area contributed by atoms with Crippen molar-refractivity contribution < 1.29 is 0 Å². The fourth-order valence-corrected chi connectivity index (χ4v) is 4.96. The van der Waals surface area contributed by atoms with Gasteiger partial charge in [0, 0.05) is 25.0 Å². The van der Waals surface area contributed by atoms with Gasteiger partial charge in [0.05, 0.1) is 7.57 Å². The third-order valence-corrected chi connectivity index (χ3v) is 5.40. The van der Waals surface area contributed by atoms with E-state index in [4.69, 9.17) is 0 Å². The molecule has 1 unspecified atom stereocenters. The molecule has 0 aliphatic heterocycles. The van der Waals surface area contributed by atoms with Crippen LogP contribution in [-0.4, -0.2) is 16.8 Å². The van der Waals surface area contributed by atoms with Gasteiger partial charge in [-0.05, 0) is 69.4 Å². The molecule has 2 aromatic rings. The lowest BCUT2D eigenvalue weighted by Crippen LogP contribution is -2.17. The molecule has 3 nitrogen and oxygen atoms in total. The highest BCUT2D eigenvalue weighted by Gasteiger charge is 2.16. The Hall–Kier alpha value is -0.170. The van der Waals surface area contributed by atoms with Crippen LogP contribution < -0.4 is 5.32 Å². The van der Waals surface area contributed by atoms with Gasteiger partial charge in [0.15, 0.2) is 0 Å². The zero-order chi connectivity index (χ0) is 13.1. The van der Waals surface area contributed by atoms with E-state index in [0.717, 1.165) is 16.6 Å². The van der Waals surface area contributed by atoms with Gasteiger partial charge in [-0.2, -0.15) is 5.10 Å². The van der Waals surface area contributed by atoms with Crippen LogP contribution in [0.15, 0.2) is 25.9 Å². The molecule has 2 aromatic heterocycles. The molecular formula is C12H15Br2N3S. The molecule has 0 saturated carbocycles. The maximum absolute atomic E-state index is 4.20. The molecule has 98 valence electrons. The molecule has 0 aromatic carbocycles. The molecule has 0 radical (unpaired) electrons. The number of thiophene rings is 1. The predicted octanol–water partition coefficient (Wildman–Crippen LogP) is 3.90. The minimum atomic E-state index is 0.358. The summed E-state index contributed by atoms with van der Waals surface area (Å²) in [5.41, 5.74) is 2.58. The maximum atomic E-state index is 4.20. The van der Waals surface area contributed by atoms with Gasteiger partial charge in [-0.25, -0.2) is 0 Å². The second-order valence-corrected chi connectivity index (χ2v) is 7.85. The van der Waals surface area contributed by atoms with Gasteiger partial charge in [0.2, 0.25) is 0 Å². The summed E-state index contributed by atoms with van der Waals surface area (Å²) in [6.45, 7) is 0. The number of halogens is 2. The summed E-state index contributed by atoms with van der Waals surface area (Å²) in [5.74, 6) is 0. The Balaban J connectivity index is 2.06. The molecule has 6 heteroatoms. The first-order chi connectivity index (χ1) is 8.61. The molecule has 0 aliphatic carbocycles. The minimum absolute atomic E-state index is 0.358. The highest BCUT2D eigenvalue weighted by atomic mass is 79.9. The highest BCUT2D eigenvalue weighted by molar-refractivity contribution is 9.12. The normalized spacial score (nSPS) is 12.9. The average molecular weight is 393 g/mol. The zero-order valence-corrected chi connectivity index (χ0v) is 14.3. The first-order valence-corrected chi connectivity index (χ1v) is 8.11. The van der Waals surface area contributed by atoms with E-state index in [1.807, 2.05) is 25.0 Å². The maximum Gasteiger partial charge on any atom is 0.0758 e. The van der Waals surface area contributed by atoms with Crippen molar-refractivity contribution in [3.63, 3.8) is 0 Å². The van der Waals surface area contributed by atoms with E-state index in [-0.39, 0.29) is 0 Å². The smallest absolute Gasteiger partial charge is 0.0758 e. The molecule has 1 N–H and O–H groups in total. The monoisotopic (exact) mass is 391 g/mol. The number of nitrogens with zero attached hydrogens (tertiary/aromatic N) is 2. The number of nitrogens with one attached hydrogen (secondary N) is 1. The van der Waals surface area contributed by atoms with Crippen molar-refractivity contribution in [1.29, 1.82) is 0 Å². The van der Waals surface area contributed by atoms with Crippen molar-refractivity contribution >= 4 is 43.2 Å². The van der Waals surface area contributed by atoms with Gasteiger partial charge in [-0.15, -0.1) is 11.3 Å². The van der Waals surface area contributed by atoms with E-state index in [0.29, 0.717) is 6.04 Å². The molecular weight excluding hydrogens is 378 g/mol. The Morgan fingerprint density at radius 1 is 1.50 bits per heavy atom. The summed E-state index contributed by atoms with van der Waals surface area (Å²) in [4.78, 5) is 0. The van der Waals surface area contributed by atoms with Gasteiger partial charge in [0.25, 0.3) is 0 Å². The SMILES string of the molecule is CNC(CCc1ccnn1C)c1cc(Br)sc1Br. The second kappa shape index (κ2) is 6.32. The minimum Gasteiger partial charge on any atom is -0.313 e. The van der Waals surface area contributed by atoms with E-state index in [9.17, 15) is 0 Å². The van der Waals surface area contributed by atoms with Crippen molar-refractivity contribution in [3.8, 4) is 0 Å². The van der Waals surface area contributed by atoms with Gasteiger partial charge >= 0.3 is 0 Å². The Morgan fingerprint density at radius 2 is 2.28 bits per heavy atom. The van der Waals surface area contributed by atoms with Crippen LogP contribution in [0.4, 0.5) is 0 Å². The Kier molecular flexibility index (Phi) is 5.00. The number of rotatable bonds is 5. The first-order valence-electron chi connectivity index (χ1n) is 5.70. The molecule has 0 aliphatic rings. The van der Waals surface area contributed by atoms with E-state index < -0.39 is 0 Å². The molecule has 0 saturated heterocycles. The van der Waals surface area contributed by atoms with Crippen LogP contribution in [0.2, 0.25) is 0 Å². The molecule has 0 spiro atoms. The average Bonchev–Trinajstić information content (AvgIpc) is 2.87. The predicted molar refractivity (Wildman–Crippen MR) is 83.0 cm³/mol. The van der Waals surface area contributed by atoms with Crippen molar-refractivity contribution in [2.45, 2.75) is 18.9 Å². The fourth-order valence-electron chi connectivity index (χ4n) is 1.98. The Bertz CT molecular complexity index is 521. The largest absolute Gasteiger partial charge is 0.313 e. The molecule has 0 bridgehead atoms. The van der Waals surface area contributed by atoms with Crippen molar-refractivity contribution in [1.82, 2.24) is 15.1 Å². The number of hydrogen-bond donors (Lipinski definition) is 1. The van der Waals surface area contributed by atoms with Crippen LogP contribution in [0, 0.1) is 0 Å². The molecule has 18 heavy (non-hydrogen) atoms. The lowest BCUT2D eigenvalue weighted by molar-refractivity contribution is 0.535. The summed E-state index contributed by atoms with van der Waals surface area (Å²) in [6, 6.07) is 4.61. The van der Waals surface area contributed by atoms with Crippen LogP contribution >= 0.6 is 43.2 Å². The summed E-state index contributed by atoms with van der Waals surface area (Å²) < 4.78 is 4.29. The van der Waals surface area contributed by atoms with Gasteiger partial charge in [0.1, 0.15) is 0 Å². The zero-order valence-electron chi connectivity index (χ0n) is 10.3. The lowest BCUT2D eigenvalue weighted by Gasteiger charge is -2.15. The number of aryl methyl sites for hydroxylation is 2. The van der Waals surface area contributed by atoms with Crippen molar-refractivity contribution in [2.75, 3.05) is 7.05 Å². The summed E-state index contributed by atoms with van der Waals surface area (Å²) >= 11 is 8.87. The van der Waals surface area contributed by atoms with Gasteiger partial charge in [-0.3, -0.25) is 4.68 Å². The second-order valence-electron chi connectivity index (χ2n) is 4.11. The third kappa shape index (κ3) is 3.23. The van der Waals surface area contributed by atoms with Crippen LogP contribution in [-0.2, 0) is 13.5 Å². The van der Waals surface area contributed by atoms with Gasteiger partial charge in [-0.1, -0.05) is 0 Å². The van der Waals surface area contributed by atoms with Gasteiger partial charge < -0.3 is 5.32 Å².